The predicted octanol–water partition coefficient (Wildman–Crippen LogP) is 1.58. The third kappa shape index (κ3) is 1.86. The summed E-state index contributed by atoms with van der Waals surface area (Å²) >= 11 is 0. The van der Waals surface area contributed by atoms with Crippen LogP contribution in [0.25, 0.3) is 0 Å². The van der Waals surface area contributed by atoms with Gasteiger partial charge in [0.15, 0.2) is 5.43 Å². The Kier molecular flexibility index (Phi) is 2.36. The minimum absolute atomic E-state index is 0.134. The molecular weight excluding hydrogens is 154 g/mol. The quantitative estimate of drug-likeness (QED) is 0.657. The van der Waals surface area contributed by atoms with Crippen molar-refractivity contribution >= 4 is 0 Å². The highest BCUT2D eigenvalue weighted by atomic mass is 19.1. The Bertz CT molecular complexity index is 267. The topological polar surface area (TPSA) is 30.2 Å². The summed E-state index contributed by atoms with van der Waals surface area (Å²) in [6.45, 7) is -1.77. The van der Waals surface area contributed by atoms with Gasteiger partial charge in [0.05, 0.1) is 0 Å². The Balaban J connectivity index is 3.12. The van der Waals surface area contributed by atoms with Crippen molar-refractivity contribution in [1.82, 2.24) is 0 Å². The van der Waals surface area contributed by atoms with E-state index in [1.54, 1.807) is 0 Å². The van der Waals surface area contributed by atoms with E-state index in [1.807, 2.05) is 0 Å². The molecule has 2 nitrogen and oxygen atoms in total. The Morgan fingerprint density at radius 3 is 2.00 bits per heavy atom. The summed E-state index contributed by atoms with van der Waals surface area (Å²) in [6, 6.07) is 2.00. The van der Waals surface area contributed by atoms with E-state index < -0.39 is 18.8 Å². The molecule has 0 unspecified atom stereocenters. The van der Waals surface area contributed by atoms with Crippen LogP contribution in [-0.2, 0) is 13.3 Å². The summed E-state index contributed by atoms with van der Waals surface area (Å²) < 4.78 is 28.3. The second-order valence-electron chi connectivity index (χ2n) is 1.99. The van der Waals surface area contributed by atoms with Gasteiger partial charge in [-0.3, -0.25) is 4.79 Å². The van der Waals surface area contributed by atoms with E-state index in [1.165, 1.54) is 0 Å². The maximum absolute atomic E-state index is 11.9. The molecule has 0 saturated heterocycles. The SMILES string of the molecule is O=c1cc(CF)oc(CF)c1. The van der Waals surface area contributed by atoms with E-state index in [2.05, 4.69) is 4.42 Å². The highest BCUT2D eigenvalue weighted by molar-refractivity contribution is 5.05. The van der Waals surface area contributed by atoms with Crippen LogP contribution in [0.4, 0.5) is 8.78 Å². The minimum atomic E-state index is -0.886. The van der Waals surface area contributed by atoms with Crippen molar-refractivity contribution in [3.05, 3.63) is 33.9 Å². The van der Waals surface area contributed by atoms with E-state index in [0.717, 1.165) is 12.1 Å². The largest absolute Gasteiger partial charge is 0.460 e. The van der Waals surface area contributed by atoms with Gasteiger partial charge in [-0.25, -0.2) is 8.78 Å². The molecule has 0 aliphatic heterocycles. The van der Waals surface area contributed by atoms with Crippen molar-refractivity contribution in [1.29, 1.82) is 0 Å². The zero-order chi connectivity index (χ0) is 8.27. The number of rotatable bonds is 2. The smallest absolute Gasteiger partial charge is 0.185 e. The van der Waals surface area contributed by atoms with Crippen molar-refractivity contribution in [2.24, 2.45) is 0 Å². The molecule has 0 aliphatic rings. The molecule has 0 spiro atoms. The Morgan fingerprint density at radius 1 is 1.18 bits per heavy atom. The molecule has 11 heavy (non-hydrogen) atoms. The summed E-state index contributed by atoms with van der Waals surface area (Å²) in [5, 5.41) is 0. The molecule has 0 bridgehead atoms. The summed E-state index contributed by atoms with van der Waals surface area (Å²) in [5.74, 6) is -0.268. The summed E-state index contributed by atoms with van der Waals surface area (Å²) in [7, 11) is 0. The molecule has 0 fully saturated rings. The molecule has 1 rings (SSSR count). The molecule has 0 atom stereocenters. The third-order valence-electron chi connectivity index (χ3n) is 1.13. The van der Waals surface area contributed by atoms with Crippen molar-refractivity contribution in [2.75, 3.05) is 0 Å². The van der Waals surface area contributed by atoms with Crippen molar-refractivity contribution in [3.63, 3.8) is 0 Å². The first-order valence-electron chi connectivity index (χ1n) is 3.01. The molecule has 0 radical (unpaired) electrons. The molecule has 4 heteroatoms. The lowest BCUT2D eigenvalue weighted by Gasteiger charge is -1.95. The van der Waals surface area contributed by atoms with Gasteiger partial charge in [-0.15, -0.1) is 0 Å². The Morgan fingerprint density at radius 2 is 1.64 bits per heavy atom. The number of hydrogen-bond acceptors (Lipinski definition) is 2. The second kappa shape index (κ2) is 3.27. The molecule has 1 aromatic heterocycles. The predicted molar refractivity (Wildman–Crippen MR) is 34.6 cm³/mol. The van der Waals surface area contributed by atoms with Crippen molar-refractivity contribution in [2.45, 2.75) is 13.3 Å². The van der Waals surface area contributed by atoms with Crippen LogP contribution in [0.5, 0.6) is 0 Å². The van der Waals surface area contributed by atoms with Crippen LogP contribution in [0.15, 0.2) is 21.3 Å². The van der Waals surface area contributed by atoms with Crippen LogP contribution in [0.1, 0.15) is 11.5 Å². The van der Waals surface area contributed by atoms with Crippen LogP contribution in [0.2, 0.25) is 0 Å². The van der Waals surface area contributed by atoms with Crippen LogP contribution in [0, 0.1) is 0 Å². The fourth-order valence-electron chi connectivity index (χ4n) is 0.718. The first-order chi connectivity index (χ1) is 5.26. The Labute approximate surface area is 61.5 Å². The molecule has 0 aromatic carbocycles. The lowest BCUT2D eigenvalue weighted by atomic mass is 10.3. The maximum Gasteiger partial charge on any atom is 0.185 e. The average Bonchev–Trinajstić information content (AvgIpc) is 2.03. The molecule has 1 aromatic rings. The zero-order valence-electron chi connectivity index (χ0n) is 5.64. The number of alkyl halides is 2. The van der Waals surface area contributed by atoms with Gasteiger partial charge in [0.1, 0.15) is 24.9 Å². The first-order valence-corrected chi connectivity index (χ1v) is 3.01. The monoisotopic (exact) mass is 160 g/mol. The van der Waals surface area contributed by atoms with Gasteiger partial charge in [0.25, 0.3) is 0 Å². The van der Waals surface area contributed by atoms with Crippen LogP contribution in [-0.4, -0.2) is 0 Å². The number of hydrogen-bond donors (Lipinski definition) is 0. The van der Waals surface area contributed by atoms with E-state index >= 15 is 0 Å². The van der Waals surface area contributed by atoms with Gasteiger partial charge in [-0.05, 0) is 0 Å². The first kappa shape index (κ1) is 7.91. The third-order valence-corrected chi connectivity index (χ3v) is 1.13. The Hall–Kier alpha value is -1.19. The molecule has 1 heterocycles. The highest BCUT2D eigenvalue weighted by Crippen LogP contribution is 2.03. The molecule has 0 N–H and O–H groups in total. The standard InChI is InChI=1S/C7H6F2O2/c8-3-6-1-5(10)2-7(4-9)11-6/h1-2H,3-4H2. The molecule has 0 amide bonds. The van der Waals surface area contributed by atoms with Crippen molar-refractivity contribution in [3.8, 4) is 0 Å². The normalized spacial score (nSPS) is 10.0. The average molecular weight is 160 g/mol. The fraction of sp³-hybridized carbons (Fsp3) is 0.286. The van der Waals surface area contributed by atoms with Crippen LogP contribution in [0.3, 0.4) is 0 Å². The van der Waals surface area contributed by atoms with E-state index in [0.29, 0.717) is 0 Å². The van der Waals surface area contributed by atoms with Crippen molar-refractivity contribution < 1.29 is 13.2 Å². The van der Waals surface area contributed by atoms with Crippen LogP contribution < -0.4 is 5.43 Å². The molecule has 0 saturated carbocycles. The summed E-state index contributed by atoms with van der Waals surface area (Å²) in [4.78, 5) is 10.6. The summed E-state index contributed by atoms with van der Waals surface area (Å²) in [6.07, 6.45) is 0. The van der Waals surface area contributed by atoms with Gasteiger partial charge < -0.3 is 4.42 Å². The highest BCUT2D eigenvalue weighted by Gasteiger charge is 2.00. The van der Waals surface area contributed by atoms with Gasteiger partial charge in [-0.2, -0.15) is 0 Å². The van der Waals surface area contributed by atoms with Gasteiger partial charge in [0.2, 0.25) is 0 Å². The van der Waals surface area contributed by atoms with E-state index in [4.69, 9.17) is 0 Å². The molecule has 0 aliphatic carbocycles. The van der Waals surface area contributed by atoms with Gasteiger partial charge in [0, 0.05) is 12.1 Å². The zero-order valence-corrected chi connectivity index (χ0v) is 5.64. The summed E-state index contributed by atoms with van der Waals surface area (Å²) in [5.41, 5.74) is -0.434. The molecule has 60 valence electrons. The van der Waals surface area contributed by atoms with Crippen LogP contribution >= 0.6 is 0 Å². The lowest BCUT2D eigenvalue weighted by molar-refractivity contribution is 0.329. The second-order valence-corrected chi connectivity index (χ2v) is 1.99. The van der Waals surface area contributed by atoms with Gasteiger partial charge >= 0.3 is 0 Å². The lowest BCUT2D eigenvalue weighted by Crippen LogP contribution is -2.00. The van der Waals surface area contributed by atoms with E-state index in [9.17, 15) is 13.6 Å². The minimum Gasteiger partial charge on any atom is -0.460 e. The fourth-order valence-corrected chi connectivity index (χ4v) is 0.718. The van der Waals surface area contributed by atoms with E-state index in [-0.39, 0.29) is 11.5 Å². The number of halogens is 2. The molecular formula is C7H6F2O2. The van der Waals surface area contributed by atoms with Gasteiger partial charge in [-0.1, -0.05) is 0 Å². The maximum atomic E-state index is 11.9.